The van der Waals surface area contributed by atoms with Gasteiger partial charge in [0.1, 0.15) is 11.5 Å². The van der Waals surface area contributed by atoms with Crippen molar-refractivity contribution in [3.05, 3.63) is 71.4 Å². The molecule has 1 amide bonds. The predicted octanol–water partition coefficient (Wildman–Crippen LogP) is 4.03. The molecule has 0 saturated carbocycles. The standard InChI is InChI=1S/C21H23FN4OS.2ClH/c1-15-5-6-20-24-18(12-25(20)11-15)13-28-14-21(27)26-8-7-23-10-19(26)16-3-2-4-17(22)9-16;;/h2-6,9,11-12,19,23H,7-8,10,13-14H2,1H3;2*1H. The van der Waals surface area contributed by atoms with Crippen LogP contribution >= 0.6 is 36.6 Å². The zero-order valence-electron chi connectivity index (χ0n) is 16.6. The number of carbonyl (C=O) groups is 1. The van der Waals surface area contributed by atoms with Crippen LogP contribution < -0.4 is 5.32 Å². The molecule has 1 fully saturated rings. The maximum Gasteiger partial charge on any atom is 0.233 e. The van der Waals surface area contributed by atoms with Gasteiger partial charge in [-0.1, -0.05) is 18.2 Å². The number of rotatable bonds is 5. The lowest BCUT2D eigenvalue weighted by atomic mass is 10.0. The van der Waals surface area contributed by atoms with E-state index in [9.17, 15) is 9.18 Å². The van der Waals surface area contributed by atoms with Gasteiger partial charge in [-0.2, -0.15) is 0 Å². The Morgan fingerprint density at radius 3 is 2.90 bits per heavy atom. The number of piperazine rings is 1. The zero-order valence-corrected chi connectivity index (χ0v) is 19.0. The number of fused-ring (bicyclic) bond motifs is 1. The van der Waals surface area contributed by atoms with E-state index in [-0.39, 0.29) is 42.6 Å². The molecule has 9 heteroatoms. The number of nitrogens with one attached hydrogen (secondary N) is 1. The monoisotopic (exact) mass is 470 g/mol. The van der Waals surface area contributed by atoms with E-state index in [0.717, 1.165) is 23.4 Å². The number of benzene rings is 1. The summed E-state index contributed by atoms with van der Waals surface area (Å²) in [6, 6.07) is 10.4. The molecule has 0 spiro atoms. The van der Waals surface area contributed by atoms with Gasteiger partial charge >= 0.3 is 0 Å². The van der Waals surface area contributed by atoms with Crippen LogP contribution in [0, 0.1) is 12.7 Å². The number of aromatic nitrogens is 2. The molecule has 0 bridgehead atoms. The molecule has 0 aliphatic carbocycles. The number of hydrogen-bond donors (Lipinski definition) is 1. The fourth-order valence-electron chi connectivity index (χ4n) is 3.57. The highest BCUT2D eigenvalue weighted by atomic mass is 35.5. The Bertz CT molecular complexity index is 1000. The van der Waals surface area contributed by atoms with E-state index in [1.807, 2.05) is 39.9 Å². The zero-order chi connectivity index (χ0) is 19.5. The molecule has 4 rings (SSSR count). The van der Waals surface area contributed by atoms with Crippen molar-refractivity contribution in [3.8, 4) is 0 Å². The van der Waals surface area contributed by atoms with Gasteiger partial charge < -0.3 is 14.6 Å². The number of pyridine rings is 1. The molecule has 5 nitrogen and oxygen atoms in total. The van der Waals surface area contributed by atoms with E-state index in [1.54, 1.807) is 17.8 Å². The van der Waals surface area contributed by atoms with Gasteiger partial charge in [-0.15, -0.1) is 36.6 Å². The lowest BCUT2D eigenvalue weighted by molar-refractivity contribution is -0.131. The fourth-order valence-corrected chi connectivity index (χ4v) is 4.36. The first-order valence-corrected chi connectivity index (χ1v) is 10.5. The van der Waals surface area contributed by atoms with E-state index in [2.05, 4.69) is 17.2 Å². The van der Waals surface area contributed by atoms with Crippen LogP contribution in [0.1, 0.15) is 22.9 Å². The number of carbonyl (C=O) groups excluding carboxylic acids is 1. The number of hydrogen-bond acceptors (Lipinski definition) is 4. The summed E-state index contributed by atoms with van der Waals surface area (Å²) in [7, 11) is 0. The molecule has 1 unspecified atom stereocenters. The molecule has 3 heterocycles. The Balaban J connectivity index is 0.00000160. The van der Waals surface area contributed by atoms with Gasteiger partial charge in [0.05, 0.1) is 17.5 Å². The van der Waals surface area contributed by atoms with Crippen molar-refractivity contribution in [2.45, 2.75) is 18.7 Å². The highest BCUT2D eigenvalue weighted by Gasteiger charge is 2.27. The average molecular weight is 471 g/mol. The number of nitrogens with zero attached hydrogens (tertiary/aromatic N) is 3. The number of thioether (sulfide) groups is 1. The molecule has 1 atom stereocenters. The molecule has 1 aromatic carbocycles. The molecule has 30 heavy (non-hydrogen) atoms. The van der Waals surface area contributed by atoms with Crippen molar-refractivity contribution in [3.63, 3.8) is 0 Å². The molecule has 1 saturated heterocycles. The normalized spacial score (nSPS) is 16.1. The molecule has 162 valence electrons. The van der Waals surface area contributed by atoms with Crippen LogP contribution in [0.5, 0.6) is 0 Å². The van der Waals surface area contributed by atoms with Crippen LogP contribution in [0.4, 0.5) is 4.39 Å². The highest BCUT2D eigenvalue weighted by molar-refractivity contribution is 7.99. The van der Waals surface area contributed by atoms with Crippen LogP contribution in [0.15, 0.2) is 48.8 Å². The van der Waals surface area contributed by atoms with Crippen LogP contribution in [0.2, 0.25) is 0 Å². The van der Waals surface area contributed by atoms with Crippen LogP contribution in [0.25, 0.3) is 5.65 Å². The lowest BCUT2D eigenvalue weighted by Gasteiger charge is -2.36. The first kappa shape index (κ1) is 24.5. The fraction of sp³-hybridized carbons (Fsp3) is 0.333. The molecular weight excluding hydrogens is 446 g/mol. The van der Waals surface area contributed by atoms with Gasteiger partial charge in [-0.3, -0.25) is 4.79 Å². The maximum atomic E-state index is 13.6. The Hall–Kier alpha value is -1.80. The van der Waals surface area contributed by atoms with Crippen LogP contribution in [0.3, 0.4) is 0 Å². The van der Waals surface area contributed by atoms with Gasteiger partial charge in [-0.25, -0.2) is 9.37 Å². The largest absolute Gasteiger partial charge is 0.332 e. The second kappa shape index (κ2) is 11.0. The van der Waals surface area contributed by atoms with E-state index < -0.39 is 0 Å². The highest BCUT2D eigenvalue weighted by Crippen LogP contribution is 2.24. The van der Waals surface area contributed by atoms with Gasteiger partial charge in [0.15, 0.2) is 0 Å². The van der Waals surface area contributed by atoms with Crippen molar-refractivity contribution in [2.24, 2.45) is 0 Å². The summed E-state index contributed by atoms with van der Waals surface area (Å²) >= 11 is 1.57. The second-order valence-electron chi connectivity index (χ2n) is 7.06. The Kier molecular flexibility index (Phi) is 8.97. The summed E-state index contributed by atoms with van der Waals surface area (Å²) in [6.45, 7) is 4.09. The molecule has 1 aliphatic rings. The van der Waals surface area contributed by atoms with Crippen molar-refractivity contribution in [1.82, 2.24) is 19.6 Å². The Morgan fingerprint density at radius 1 is 1.27 bits per heavy atom. The third-order valence-corrected chi connectivity index (χ3v) is 5.87. The van der Waals surface area contributed by atoms with E-state index in [4.69, 9.17) is 0 Å². The number of amides is 1. The lowest BCUT2D eigenvalue weighted by Crippen LogP contribution is -2.49. The van der Waals surface area contributed by atoms with E-state index >= 15 is 0 Å². The quantitative estimate of drug-likeness (QED) is 0.611. The molecule has 2 aromatic heterocycles. The molecule has 0 radical (unpaired) electrons. The minimum absolute atomic E-state index is 0. The Morgan fingerprint density at radius 2 is 2.10 bits per heavy atom. The summed E-state index contributed by atoms with van der Waals surface area (Å²) in [4.78, 5) is 19.3. The molecule has 3 aromatic rings. The van der Waals surface area contributed by atoms with Crippen LogP contribution in [-0.4, -0.2) is 45.6 Å². The average Bonchev–Trinajstić information content (AvgIpc) is 3.09. The molecular formula is C21H25Cl2FN4OS. The van der Waals surface area contributed by atoms with Crippen LogP contribution in [-0.2, 0) is 10.5 Å². The summed E-state index contributed by atoms with van der Waals surface area (Å²) in [5.41, 5.74) is 3.90. The smallest absolute Gasteiger partial charge is 0.233 e. The minimum atomic E-state index is -0.271. The van der Waals surface area contributed by atoms with Gasteiger partial charge in [0.2, 0.25) is 5.91 Å². The summed E-state index contributed by atoms with van der Waals surface area (Å²) in [5.74, 6) is 0.884. The van der Waals surface area contributed by atoms with Gasteiger partial charge in [0, 0.05) is 37.8 Å². The van der Waals surface area contributed by atoms with E-state index in [1.165, 1.54) is 17.7 Å². The number of imidazole rings is 1. The third kappa shape index (κ3) is 5.66. The first-order valence-electron chi connectivity index (χ1n) is 9.38. The predicted molar refractivity (Wildman–Crippen MR) is 124 cm³/mol. The van der Waals surface area contributed by atoms with E-state index in [0.29, 0.717) is 24.6 Å². The minimum Gasteiger partial charge on any atom is -0.332 e. The summed E-state index contributed by atoms with van der Waals surface area (Å²) < 4.78 is 15.6. The van der Waals surface area contributed by atoms with Crippen molar-refractivity contribution in [1.29, 1.82) is 0 Å². The van der Waals surface area contributed by atoms with Crippen molar-refractivity contribution < 1.29 is 9.18 Å². The van der Waals surface area contributed by atoms with Gasteiger partial charge in [0.25, 0.3) is 0 Å². The molecule has 1 N–H and O–H groups in total. The SMILES string of the molecule is Cc1ccc2nc(CSCC(=O)N3CCNCC3c3cccc(F)c3)cn2c1.Cl.Cl. The second-order valence-corrected chi connectivity index (χ2v) is 8.04. The Labute approximate surface area is 192 Å². The van der Waals surface area contributed by atoms with Crippen molar-refractivity contribution >= 4 is 48.1 Å². The summed E-state index contributed by atoms with van der Waals surface area (Å²) in [5, 5.41) is 3.30. The topological polar surface area (TPSA) is 49.6 Å². The third-order valence-electron chi connectivity index (χ3n) is 4.92. The molecule has 1 aliphatic heterocycles. The first-order chi connectivity index (χ1) is 13.6. The number of aryl methyl sites for hydroxylation is 1. The summed E-state index contributed by atoms with van der Waals surface area (Å²) in [6.07, 6.45) is 4.06. The number of halogens is 3. The maximum absolute atomic E-state index is 13.6. The van der Waals surface area contributed by atoms with Gasteiger partial charge in [-0.05, 0) is 36.2 Å². The van der Waals surface area contributed by atoms with Crippen molar-refractivity contribution in [2.75, 3.05) is 25.4 Å².